The number of hydrogen-bond acceptors (Lipinski definition) is 5. The zero-order valence-corrected chi connectivity index (χ0v) is 33.2. The summed E-state index contributed by atoms with van der Waals surface area (Å²) in [6.45, 7) is 19.6. The minimum atomic E-state index is -0.143. The molecule has 0 aliphatic carbocycles. The van der Waals surface area contributed by atoms with E-state index in [1.165, 1.54) is 22.3 Å². The zero-order valence-electron chi connectivity index (χ0n) is 33.2. The molecule has 0 saturated carbocycles. The molecule has 3 heterocycles. The lowest BCUT2D eigenvalue weighted by molar-refractivity contribution is 0.474. The molecule has 8 rings (SSSR count). The molecule has 5 aromatic carbocycles. The van der Waals surface area contributed by atoms with Gasteiger partial charge in [0.1, 0.15) is 22.6 Å². The topological polar surface area (TPSA) is 72.3 Å². The number of nitrogens with zero attached hydrogens (tertiary/aromatic N) is 2. The number of aryl methyl sites for hydroxylation is 2. The molecule has 0 aliphatic rings. The quantitative estimate of drug-likeness (QED) is 0.177. The first-order valence-electron chi connectivity index (χ1n) is 19.3. The van der Waals surface area contributed by atoms with E-state index in [0.717, 1.165) is 61.3 Å². The van der Waals surface area contributed by atoms with Crippen LogP contribution in [0.1, 0.15) is 88.3 Å². The van der Waals surface area contributed by atoms with Gasteiger partial charge in [-0.3, -0.25) is 4.98 Å². The summed E-state index contributed by atoms with van der Waals surface area (Å²) >= 11 is 0. The van der Waals surface area contributed by atoms with E-state index in [-0.39, 0.29) is 23.0 Å². The number of oxazole rings is 1. The predicted octanol–water partition coefficient (Wildman–Crippen LogP) is 14.2. The van der Waals surface area contributed by atoms with Gasteiger partial charge >= 0.3 is 0 Å². The SMILES string of the molecule is Cc1oc2ccc(O)c(-c3nc4c(-c5cc(-c6cc(-c7ccccc7)ccn6)cc(C(C)(C)C)c5)ccc(-c5c(C(C)C)cccc5C(C)C)c4o3)c2c1C. The van der Waals surface area contributed by atoms with Crippen molar-refractivity contribution in [3.8, 4) is 61.8 Å². The molecule has 0 radical (unpaired) electrons. The van der Waals surface area contributed by atoms with E-state index >= 15 is 0 Å². The van der Waals surface area contributed by atoms with Crippen molar-refractivity contribution in [2.24, 2.45) is 0 Å². The summed E-state index contributed by atoms with van der Waals surface area (Å²) in [7, 11) is 0. The van der Waals surface area contributed by atoms with Gasteiger partial charge < -0.3 is 13.9 Å². The van der Waals surface area contributed by atoms with Crippen molar-refractivity contribution < 1.29 is 13.9 Å². The molecular formula is C50H48N2O3. The second-order valence-corrected chi connectivity index (χ2v) is 16.4. The molecule has 0 spiro atoms. The smallest absolute Gasteiger partial charge is 0.231 e. The van der Waals surface area contributed by atoms with Crippen molar-refractivity contribution in [3.63, 3.8) is 0 Å². The molecule has 0 fully saturated rings. The Morgan fingerprint density at radius 1 is 0.636 bits per heavy atom. The molecule has 0 atom stereocenters. The van der Waals surface area contributed by atoms with Crippen molar-refractivity contribution in [2.45, 2.75) is 79.6 Å². The minimum absolute atomic E-state index is 0.0953. The Labute approximate surface area is 323 Å². The number of phenolic OH excluding ortho intramolecular Hbond substituents is 1. The number of aromatic nitrogens is 2. The highest BCUT2D eigenvalue weighted by Gasteiger charge is 2.27. The fourth-order valence-corrected chi connectivity index (χ4v) is 7.83. The maximum atomic E-state index is 11.5. The maximum Gasteiger partial charge on any atom is 0.231 e. The third-order valence-electron chi connectivity index (χ3n) is 11.0. The fraction of sp³-hybridized carbons (Fsp3) is 0.240. The average Bonchev–Trinajstić information content (AvgIpc) is 3.74. The highest BCUT2D eigenvalue weighted by atomic mass is 16.4. The van der Waals surface area contributed by atoms with Gasteiger partial charge in [0.2, 0.25) is 5.89 Å². The number of hydrogen-bond donors (Lipinski definition) is 1. The normalized spacial score (nSPS) is 12.1. The van der Waals surface area contributed by atoms with E-state index in [2.05, 4.69) is 133 Å². The van der Waals surface area contributed by atoms with Crippen LogP contribution >= 0.6 is 0 Å². The number of aromatic hydroxyl groups is 1. The summed E-state index contributed by atoms with van der Waals surface area (Å²) in [6.07, 6.45) is 1.89. The van der Waals surface area contributed by atoms with Gasteiger partial charge in [-0.1, -0.05) is 109 Å². The number of benzene rings is 5. The zero-order chi connectivity index (χ0) is 38.8. The van der Waals surface area contributed by atoms with Crippen LogP contribution in [0.5, 0.6) is 5.75 Å². The van der Waals surface area contributed by atoms with Crippen LogP contribution in [-0.2, 0) is 5.41 Å². The molecule has 0 unspecified atom stereocenters. The summed E-state index contributed by atoms with van der Waals surface area (Å²) in [5, 5.41) is 12.3. The molecule has 55 heavy (non-hydrogen) atoms. The molecule has 0 amide bonds. The molecule has 0 aliphatic heterocycles. The Hall–Kier alpha value is -5.94. The molecule has 5 nitrogen and oxygen atoms in total. The first kappa shape index (κ1) is 36.1. The molecule has 0 bridgehead atoms. The lowest BCUT2D eigenvalue weighted by Crippen LogP contribution is -2.11. The van der Waals surface area contributed by atoms with Crippen LogP contribution in [0.3, 0.4) is 0 Å². The maximum absolute atomic E-state index is 11.5. The number of phenols is 1. The summed E-state index contributed by atoms with van der Waals surface area (Å²) in [5.41, 5.74) is 15.5. The Morgan fingerprint density at radius 3 is 2.02 bits per heavy atom. The van der Waals surface area contributed by atoms with Gasteiger partial charge in [-0.05, 0) is 118 Å². The van der Waals surface area contributed by atoms with Crippen LogP contribution in [0, 0.1) is 13.8 Å². The van der Waals surface area contributed by atoms with Gasteiger partial charge in [0, 0.05) is 28.3 Å². The van der Waals surface area contributed by atoms with Gasteiger partial charge in [0.25, 0.3) is 0 Å². The first-order chi connectivity index (χ1) is 26.3. The van der Waals surface area contributed by atoms with E-state index in [0.29, 0.717) is 22.6 Å². The Bertz CT molecular complexity index is 2700. The van der Waals surface area contributed by atoms with Crippen LogP contribution in [0.4, 0.5) is 0 Å². The van der Waals surface area contributed by atoms with Gasteiger partial charge in [-0.25, -0.2) is 4.98 Å². The van der Waals surface area contributed by atoms with Crippen LogP contribution in [0.2, 0.25) is 0 Å². The van der Waals surface area contributed by atoms with Crippen LogP contribution in [0.15, 0.2) is 118 Å². The number of pyridine rings is 1. The second kappa shape index (κ2) is 13.7. The lowest BCUT2D eigenvalue weighted by atomic mass is 9.82. The Morgan fingerprint density at radius 2 is 1.33 bits per heavy atom. The van der Waals surface area contributed by atoms with Gasteiger partial charge in [0.15, 0.2) is 5.58 Å². The second-order valence-electron chi connectivity index (χ2n) is 16.4. The van der Waals surface area contributed by atoms with E-state index in [9.17, 15) is 5.11 Å². The van der Waals surface area contributed by atoms with Crippen LogP contribution < -0.4 is 0 Å². The standard InChI is InChI=1S/C50H48N2O3/c1-28(2)37-16-13-17-38(29(3)4)45(37)40-19-18-39(47-48(40)55-49(52-47)46-42(53)20-21-43-44(46)30(5)31(6)54-43)34-24-35(26-36(25-34)50(7,8)9)41-27-33(22-23-51-41)32-14-11-10-12-15-32/h10-29,53H,1-9H3. The van der Waals surface area contributed by atoms with Gasteiger partial charge in [0.05, 0.1) is 11.3 Å². The van der Waals surface area contributed by atoms with E-state index < -0.39 is 0 Å². The third kappa shape index (κ3) is 6.42. The number of furan rings is 1. The number of fused-ring (bicyclic) bond motifs is 2. The van der Waals surface area contributed by atoms with Crippen molar-refractivity contribution in [1.29, 1.82) is 0 Å². The molecule has 0 saturated heterocycles. The molecule has 8 aromatic rings. The number of rotatable bonds is 7. The van der Waals surface area contributed by atoms with E-state index in [1.807, 2.05) is 32.2 Å². The summed E-state index contributed by atoms with van der Waals surface area (Å²) in [5.74, 6) is 1.81. The third-order valence-corrected chi connectivity index (χ3v) is 11.0. The summed E-state index contributed by atoms with van der Waals surface area (Å²) in [6, 6.07) is 35.9. The molecule has 5 heteroatoms. The van der Waals surface area contributed by atoms with Crippen LogP contribution in [0.25, 0.3) is 78.2 Å². The highest BCUT2D eigenvalue weighted by Crippen LogP contribution is 2.47. The van der Waals surface area contributed by atoms with Crippen LogP contribution in [-0.4, -0.2) is 15.1 Å². The summed E-state index contributed by atoms with van der Waals surface area (Å²) < 4.78 is 13.1. The Balaban J connectivity index is 1.43. The van der Waals surface area contributed by atoms with E-state index in [1.54, 1.807) is 6.07 Å². The minimum Gasteiger partial charge on any atom is -0.507 e. The molecule has 3 aromatic heterocycles. The summed E-state index contributed by atoms with van der Waals surface area (Å²) in [4.78, 5) is 10.2. The highest BCUT2D eigenvalue weighted by molar-refractivity contribution is 6.04. The molecule has 276 valence electrons. The molecule has 1 N–H and O–H groups in total. The van der Waals surface area contributed by atoms with Crippen molar-refractivity contribution in [2.75, 3.05) is 0 Å². The first-order valence-corrected chi connectivity index (χ1v) is 19.3. The average molecular weight is 725 g/mol. The predicted molar refractivity (Wildman–Crippen MR) is 227 cm³/mol. The van der Waals surface area contributed by atoms with Crippen molar-refractivity contribution >= 4 is 22.1 Å². The Kier molecular flexibility index (Phi) is 9.00. The lowest BCUT2D eigenvalue weighted by Gasteiger charge is -2.22. The monoisotopic (exact) mass is 724 g/mol. The molecular weight excluding hydrogens is 677 g/mol. The van der Waals surface area contributed by atoms with Gasteiger partial charge in [-0.2, -0.15) is 0 Å². The van der Waals surface area contributed by atoms with Crippen molar-refractivity contribution in [3.05, 3.63) is 137 Å². The largest absolute Gasteiger partial charge is 0.507 e. The fourth-order valence-electron chi connectivity index (χ4n) is 7.83. The van der Waals surface area contributed by atoms with Crippen molar-refractivity contribution in [1.82, 2.24) is 9.97 Å². The van der Waals surface area contributed by atoms with Gasteiger partial charge in [-0.15, -0.1) is 0 Å². The van der Waals surface area contributed by atoms with E-state index in [4.69, 9.17) is 18.8 Å².